The van der Waals surface area contributed by atoms with Gasteiger partial charge in [-0.15, -0.1) is 13.2 Å². The number of hydrogen-bond donors (Lipinski definition) is 1. The first-order valence-electron chi connectivity index (χ1n) is 6.78. The van der Waals surface area contributed by atoms with E-state index in [0.29, 0.717) is 17.9 Å². The molecule has 21 heavy (non-hydrogen) atoms. The van der Waals surface area contributed by atoms with E-state index in [1.54, 1.807) is 0 Å². The van der Waals surface area contributed by atoms with E-state index in [0.717, 1.165) is 0 Å². The molecule has 1 rings (SSSR count). The van der Waals surface area contributed by atoms with Crippen molar-refractivity contribution in [3.63, 3.8) is 0 Å². The smallest absolute Gasteiger partial charge is 0.406 e. The third-order valence-electron chi connectivity index (χ3n) is 3.03. The number of hydrogen-bond acceptors (Lipinski definition) is 3. The molecule has 1 aromatic carbocycles. The van der Waals surface area contributed by atoms with E-state index in [9.17, 15) is 18.0 Å². The van der Waals surface area contributed by atoms with Gasteiger partial charge in [-0.1, -0.05) is 26.0 Å². The van der Waals surface area contributed by atoms with Crippen LogP contribution in [0.15, 0.2) is 24.3 Å². The van der Waals surface area contributed by atoms with Crippen molar-refractivity contribution < 1.29 is 22.7 Å². The van der Waals surface area contributed by atoms with Crippen LogP contribution in [0.4, 0.5) is 13.2 Å². The van der Waals surface area contributed by atoms with Crippen molar-refractivity contribution >= 4 is 5.78 Å². The van der Waals surface area contributed by atoms with E-state index in [1.165, 1.54) is 24.3 Å². The highest BCUT2D eigenvalue weighted by atomic mass is 19.4. The zero-order valence-electron chi connectivity index (χ0n) is 12.1. The molecule has 0 aliphatic rings. The summed E-state index contributed by atoms with van der Waals surface area (Å²) in [5.41, 5.74) is 6.25. The lowest BCUT2D eigenvalue weighted by atomic mass is 9.90. The first-order valence-corrected chi connectivity index (χ1v) is 6.78. The SMILES string of the molecule is CC(C)CC(CN)C(=O)Cc1ccc(OC(F)(F)F)cc1. The molecule has 0 aliphatic carbocycles. The summed E-state index contributed by atoms with van der Waals surface area (Å²) in [6.07, 6.45) is -3.83. The normalized spacial score (nSPS) is 13.3. The Balaban J connectivity index is 2.64. The maximum Gasteiger partial charge on any atom is 0.573 e. The van der Waals surface area contributed by atoms with Crippen LogP contribution in [-0.4, -0.2) is 18.7 Å². The number of alkyl halides is 3. The molecule has 1 unspecified atom stereocenters. The highest BCUT2D eigenvalue weighted by molar-refractivity contribution is 5.83. The Morgan fingerprint density at radius 1 is 1.24 bits per heavy atom. The van der Waals surface area contributed by atoms with Crippen molar-refractivity contribution in [2.75, 3.05) is 6.54 Å². The van der Waals surface area contributed by atoms with Gasteiger partial charge in [0.15, 0.2) is 0 Å². The van der Waals surface area contributed by atoms with E-state index in [1.807, 2.05) is 13.8 Å². The quantitative estimate of drug-likeness (QED) is 0.840. The highest BCUT2D eigenvalue weighted by Crippen LogP contribution is 2.23. The summed E-state index contributed by atoms with van der Waals surface area (Å²) in [7, 11) is 0. The lowest BCUT2D eigenvalue weighted by Gasteiger charge is -2.16. The van der Waals surface area contributed by atoms with Gasteiger partial charge in [-0.3, -0.25) is 4.79 Å². The summed E-state index contributed by atoms with van der Waals surface area (Å²) >= 11 is 0. The first-order chi connectivity index (χ1) is 9.71. The van der Waals surface area contributed by atoms with E-state index in [2.05, 4.69) is 4.74 Å². The largest absolute Gasteiger partial charge is 0.573 e. The second kappa shape index (κ2) is 7.45. The van der Waals surface area contributed by atoms with E-state index in [-0.39, 0.29) is 30.4 Å². The fraction of sp³-hybridized carbons (Fsp3) is 0.533. The lowest BCUT2D eigenvalue weighted by molar-refractivity contribution is -0.274. The molecular weight excluding hydrogens is 283 g/mol. The second-order valence-electron chi connectivity index (χ2n) is 5.40. The van der Waals surface area contributed by atoms with Gasteiger partial charge < -0.3 is 10.5 Å². The molecule has 6 heteroatoms. The van der Waals surface area contributed by atoms with Crippen molar-refractivity contribution in [3.8, 4) is 5.75 Å². The van der Waals surface area contributed by atoms with Crippen LogP contribution in [0.5, 0.6) is 5.75 Å². The molecule has 0 bridgehead atoms. The molecule has 0 aliphatic heterocycles. The van der Waals surface area contributed by atoms with E-state index in [4.69, 9.17) is 5.73 Å². The van der Waals surface area contributed by atoms with Crippen LogP contribution >= 0.6 is 0 Å². The molecule has 0 heterocycles. The molecular formula is C15H20F3NO2. The van der Waals surface area contributed by atoms with Gasteiger partial charge in [0.2, 0.25) is 0 Å². The number of Topliss-reactive ketones (excluding diaryl/α,β-unsaturated/α-hetero) is 1. The minimum atomic E-state index is -4.71. The number of ether oxygens (including phenoxy) is 1. The Labute approximate surface area is 122 Å². The molecule has 0 radical (unpaired) electrons. The Kier molecular flexibility index (Phi) is 6.20. The van der Waals surface area contributed by atoms with Crippen molar-refractivity contribution in [2.45, 2.75) is 33.1 Å². The van der Waals surface area contributed by atoms with Gasteiger partial charge in [0.25, 0.3) is 0 Å². The fourth-order valence-corrected chi connectivity index (χ4v) is 2.08. The monoisotopic (exact) mass is 303 g/mol. The van der Waals surface area contributed by atoms with Crippen molar-refractivity contribution in [1.82, 2.24) is 0 Å². The molecule has 0 saturated heterocycles. The summed E-state index contributed by atoms with van der Waals surface area (Å²) in [6, 6.07) is 5.33. The van der Waals surface area contributed by atoms with Gasteiger partial charge in [0.1, 0.15) is 11.5 Å². The van der Waals surface area contributed by atoms with Gasteiger partial charge in [-0.2, -0.15) is 0 Å². The average molecular weight is 303 g/mol. The fourth-order valence-electron chi connectivity index (χ4n) is 2.08. The molecule has 1 aromatic rings. The van der Waals surface area contributed by atoms with Gasteiger partial charge >= 0.3 is 6.36 Å². The van der Waals surface area contributed by atoms with Crippen LogP contribution in [0.25, 0.3) is 0 Å². The van der Waals surface area contributed by atoms with Crippen LogP contribution in [0, 0.1) is 11.8 Å². The summed E-state index contributed by atoms with van der Waals surface area (Å²) in [5, 5.41) is 0. The van der Waals surface area contributed by atoms with Crippen LogP contribution in [0.1, 0.15) is 25.8 Å². The number of nitrogens with two attached hydrogens (primary N) is 1. The standard InChI is InChI=1S/C15H20F3NO2/c1-10(2)7-12(9-19)14(20)8-11-3-5-13(6-4-11)21-15(16,17)18/h3-6,10,12H,7-9,19H2,1-2H3. The zero-order chi connectivity index (χ0) is 16.0. The van der Waals surface area contributed by atoms with Crippen molar-refractivity contribution in [1.29, 1.82) is 0 Å². The average Bonchev–Trinajstić information content (AvgIpc) is 2.36. The Morgan fingerprint density at radius 3 is 2.24 bits per heavy atom. The molecule has 0 fully saturated rings. The number of carbonyl (C=O) groups is 1. The number of halogens is 3. The Hall–Kier alpha value is -1.56. The summed E-state index contributed by atoms with van der Waals surface area (Å²) < 4.78 is 39.9. The van der Waals surface area contributed by atoms with Gasteiger partial charge in [0, 0.05) is 18.9 Å². The molecule has 0 spiro atoms. The number of benzene rings is 1. The zero-order valence-corrected chi connectivity index (χ0v) is 12.1. The number of ketones is 1. The predicted molar refractivity (Wildman–Crippen MR) is 73.8 cm³/mol. The Morgan fingerprint density at radius 2 is 1.81 bits per heavy atom. The minimum absolute atomic E-state index is 0.00990. The number of rotatable bonds is 7. The van der Waals surface area contributed by atoms with Crippen LogP contribution < -0.4 is 10.5 Å². The van der Waals surface area contributed by atoms with E-state index >= 15 is 0 Å². The first kappa shape index (κ1) is 17.5. The summed E-state index contributed by atoms with van der Waals surface area (Å²) in [4.78, 5) is 12.1. The topological polar surface area (TPSA) is 52.3 Å². The molecule has 2 N–H and O–H groups in total. The third kappa shape index (κ3) is 6.62. The maximum absolute atomic E-state index is 12.1. The molecule has 118 valence electrons. The third-order valence-corrected chi connectivity index (χ3v) is 3.03. The van der Waals surface area contributed by atoms with Gasteiger partial charge in [-0.05, 0) is 30.0 Å². The second-order valence-corrected chi connectivity index (χ2v) is 5.40. The van der Waals surface area contributed by atoms with Gasteiger partial charge in [-0.25, -0.2) is 0 Å². The summed E-state index contributed by atoms with van der Waals surface area (Å²) in [5.74, 6) is -0.131. The van der Waals surface area contributed by atoms with Crippen LogP contribution in [0.2, 0.25) is 0 Å². The molecule has 3 nitrogen and oxygen atoms in total. The lowest BCUT2D eigenvalue weighted by Crippen LogP contribution is -2.26. The van der Waals surface area contributed by atoms with Crippen molar-refractivity contribution in [2.24, 2.45) is 17.6 Å². The minimum Gasteiger partial charge on any atom is -0.406 e. The van der Waals surface area contributed by atoms with Crippen LogP contribution in [0.3, 0.4) is 0 Å². The van der Waals surface area contributed by atoms with E-state index < -0.39 is 6.36 Å². The Bertz CT molecular complexity index is 455. The summed E-state index contributed by atoms with van der Waals surface area (Å²) in [6.45, 7) is 4.31. The molecule has 0 saturated carbocycles. The number of carbonyl (C=O) groups excluding carboxylic acids is 1. The maximum atomic E-state index is 12.1. The molecule has 1 atom stereocenters. The highest BCUT2D eigenvalue weighted by Gasteiger charge is 2.31. The molecule has 0 amide bonds. The van der Waals surface area contributed by atoms with Crippen LogP contribution in [-0.2, 0) is 11.2 Å². The predicted octanol–water partition coefficient (Wildman–Crippen LogP) is 3.32. The molecule has 0 aromatic heterocycles. The van der Waals surface area contributed by atoms with Crippen molar-refractivity contribution in [3.05, 3.63) is 29.8 Å². The van der Waals surface area contributed by atoms with Gasteiger partial charge in [0.05, 0.1) is 0 Å².